The third-order valence-corrected chi connectivity index (χ3v) is 15.5. The number of hydrogen-bond acceptors (Lipinski definition) is 4. The molecule has 0 spiro atoms. The molecule has 0 unspecified atom stereocenters. The number of hydrogen-bond donors (Lipinski definition) is 0. The van der Waals surface area contributed by atoms with Crippen molar-refractivity contribution in [1.82, 2.24) is 8.80 Å². The highest BCUT2D eigenvalue weighted by Crippen LogP contribution is 2.49. The van der Waals surface area contributed by atoms with E-state index in [0.29, 0.717) is 0 Å². The molecule has 0 amide bonds. The van der Waals surface area contributed by atoms with Crippen LogP contribution >= 0.6 is 0 Å². The van der Waals surface area contributed by atoms with Gasteiger partial charge in [0.05, 0.1) is 55.2 Å². The maximum Gasteiger partial charge on any atom is 0.137 e. The molecule has 0 aliphatic carbocycles. The Hall–Kier alpha value is -9.78. The van der Waals surface area contributed by atoms with Gasteiger partial charge < -0.3 is 27.4 Å². The summed E-state index contributed by atoms with van der Waals surface area (Å²) in [5, 5.41) is 14.3. The first kappa shape index (κ1) is 38.1. The van der Waals surface area contributed by atoms with Crippen molar-refractivity contribution in [2.45, 2.75) is 0 Å². The van der Waals surface area contributed by atoms with Gasteiger partial charge in [-0.25, -0.2) is 0 Å². The first-order chi connectivity index (χ1) is 35.7. The summed E-state index contributed by atoms with van der Waals surface area (Å²) < 4.78 is 17.9. The molecule has 6 aromatic heterocycles. The second kappa shape index (κ2) is 13.9. The van der Waals surface area contributed by atoms with Crippen LogP contribution in [0, 0.1) is 0 Å². The van der Waals surface area contributed by atoms with Gasteiger partial charge in [0.1, 0.15) is 22.3 Å². The van der Waals surface area contributed by atoms with Crippen molar-refractivity contribution in [2.75, 3.05) is 9.80 Å². The van der Waals surface area contributed by atoms with Crippen LogP contribution in [0.2, 0.25) is 0 Å². The minimum absolute atomic E-state index is 0.874. The fraction of sp³-hybridized carbons (Fsp3) is 0. The van der Waals surface area contributed by atoms with Crippen LogP contribution in [-0.2, 0) is 0 Å². The van der Waals surface area contributed by atoms with Crippen molar-refractivity contribution < 1.29 is 8.83 Å². The predicted molar refractivity (Wildman–Crippen MR) is 300 cm³/mol. The average molecular weight is 919 g/mol. The quantitative estimate of drug-likeness (QED) is 0.167. The average Bonchev–Trinajstić information content (AvgIpc) is 4.29. The molecule has 0 aliphatic heterocycles. The Balaban J connectivity index is 0.868. The SMILES string of the molecule is c1ccc(N(c2ccc3c(c2)c2cccc4c5cc6c(cc5n3c24)c2cccc3c4cc(N(c5ccccc5)c5cccc7oc8ccccc8c57)ccc4n6c32)c2cccc3oc4ccccc4c23)cc1. The lowest BCUT2D eigenvalue weighted by atomic mass is 10.0. The highest BCUT2D eigenvalue weighted by atomic mass is 16.3. The molecule has 11 aromatic carbocycles. The molecule has 0 fully saturated rings. The molecule has 17 rings (SSSR count). The van der Waals surface area contributed by atoms with Crippen molar-refractivity contribution in [3.8, 4) is 0 Å². The summed E-state index contributed by atoms with van der Waals surface area (Å²) in [6.07, 6.45) is 0. The summed E-state index contributed by atoms with van der Waals surface area (Å²) >= 11 is 0. The molecule has 72 heavy (non-hydrogen) atoms. The molecule has 0 saturated carbocycles. The van der Waals surface area contributed by atoms with E-state index in [1.54, 1.807) is 0 Å². The third-order valence-electron chi connectivity index (χ3n) is 15.5. The molecule has 0 aliphatic rings. The fourth-order valence-corrected chi connectivity index (χ4v) is 12.6. The molecule has 0 saturated heterocycles. The summed E-state index contributed by atoms with van der Waals surface area (Å²) in [7, 11) is 0. The van der Waals surface area contributed by atoms with Crippen LogP contribution in [0.3, 0.4) is 0 Å². The van der Waals surface area contributed by atoms with E-state index in [1.807, 2.05) is 12.1 Å². The molecule has 0 radical (unpaired) electrons. The minimum Gasteiger partial charge on any atom is -0.456 e. The lowest BCUT2D eigenvalue weighted by Crippen LogP contribution is -2.10. The first-order valence-corrected chi connectivity index (χ1v) is 24.6. The van der Waals surface area contributed by atoms with Gasteiger partial charge >= 0.3 is 0 Å². The Morgan fingerprint density at radius 3 is 1.06 bits per heavy atom. The number of fused-ring (bicyclic) bond motifs is 18. The molecule has 6 heterocycles. The molecule has 0 atom stereocenters. The van der Waals surface area contributed by atoms with Gasteiger partial charge in [-0.15, -0.1) is 0 Å². The highest BCUT2D eigenvalue weighted by molar-refractivity contribution is 6.29. The molecule has 6 heteroatoms. The molecule has 6 nitrogen and oxygen atoms in total. The van der Waals surface area contributed by atoms with Crippen LogP contribution in [0.4, 0.5) is 34.1 Å². The Morgan fingerprint density at radius 1 is 0.250 bits per heavy atom. The molecular weight excluding hydrogens is 881 g/mol. The Bertz CT molecular complexity index is 4740. The van der Waals surface area contributed by atoms with E-state index in [-0.39, 0.29) is 0 Å². The topological polar surface area (TPSA) is 41.6 Å². The number of benzene rings is 11. The van der Waals surface area contributed by atoms with Crippen LogP contribution in [0.1, 0.15) is 0 Å². The Kier molecular flexibility index (Phi) is 7.38. The van der Waals surface area contributed by atoms with Gasteiger partial charge in [-0.2, -0.15) is 0 Å². The van der Waals surface area contributed by atoms with Crippen molar-refractivity contribution in [3.63, 3.8) is 0 Å². The van der Waals surface area contributed by atoms with E-state index >= 15 is 0 Å². The molecule has 334 valence electrons. The van der Waals surface area contributed by atoms with Gasteiger partial charge in [0.25, 0.3) is 0 Å². The Morgan fingerprint density at radius 2 is 0.611 bits per heavy atom. The number of para-hydroxylation sites is 6. The number of rotatable bonds is 6. The van der Waals surface area contributed by atoms with Gasteiger partial charge in [-0.1, -0.05) is 121 Å². The van der Waals surface area contributed by atoms with Gasteiger partial charge in [-0.05, 0) is 109 Å². The van der Waals surface area contributed by atoms with E-state index in [9.17, 15) is 0 Å². The zero-order chi connectivity index (χ0) is 46.8. The minimum atomic E-state index is 0.874. The van der Waals surface area contributed by atoms with Crippen molar-refractivity contribution in [1.29, 1.82) is 0 Å². The van der Waals surface area contributed by atoms with Crippen LogP contribution in [0.25, 0.3) is 120 Å². The highest BCUT2D eigenvalue weighted by Gasteiger charge is 2.26. The standard InChI is InChI=1S/C66H38N4O2/c1-3-15-39(16-4-1)67(55-25-13-29-61-63(55)47-19-7-9-27-59(47)71-61)41-31-33-53-49(35-41)43-21-11-23-45-51-38-58-52(37-57(51)69(53)65(43)45)46-24-12-22-44-50-36-42(32-34-54(50)70(58)66(44)46)68(40-17-5-2-6-18-40)56-26-14-30-62-64(56)48-20-8-10-28-60(48)72-62/h1-38H. The van der Waals surface area contributed by atoms with Crippen LogP contribution in [-0.4, -0.2) is 8.80 Å². The summed E-state index contributed by atoms with van der Waals surface area (Å²) in [6.45, 7) is 0. The van der Waals surface area contributed by atoms with E-state index in [2.05, 4.69) is 237 Å². The lowest BCUT2D eigenvalue weighted by Gasteiger charge is -2.26. The second-order valence-electron chi connectivity index (χ2n) is 19.2. The van der Waals surface area contributed by atoms with E-state index in [1.165, 1.54) is 76.2 Å². The third kappa shape index (κ3) is 4.97. The summed E-state index contributed by atoms with van der Waals surface area (Å²) in [6, 6.07) is 83.4. The molecule has 0 bridgehead atoms. The number of nitrogens with zero attached hydrogens (tertiary/aromatic N) is 4. The molecule has 17 aromatic rings. The van der Waals surface area contributed by atoms with E-state index in [4.69, 9.17) is 8.83 Å². The maximum atomic E-state index is 6.41. The largest absolute Gasteiger partial charge is 0.456 e. The van der Waals surface area contributed by atoms with Gasteiger partial charge in [0.15, 0.2) is 0 Å². The number of furan rings is 2. The Labute approximate surface area is 410 Å². The van der Waals surface area contributed by atoms with Gasteiger partial charge in [-0.3, -0.25) is 0 Å². The van der Waals surface area contributed by atoms with E-state index in [0.717, 1.165) is 78.0 Å². The lowest BCUT2D eigenvalue weighted by molar-refractivity contribution is 0.668. The fourth-order valence-electron chi connectivity index (χ4n) is 12.6. The van der Waals surface area contributed by atoms with Gasteiger partial charge in [0.2, 0.25) is 0 Å². The van der Waals surface area contributed by atoms with Crippen molar-refractivity contribution in [3.05, 3.63) is 231 Å². The number of anilines is 6. The zero-order valence-corrected chi connectivity index (χ0v) is 38.5. The first-order valence-electron chi connectivity index (χ1n) is 24.6. The summed E-state index contributed by atoms with van der Waals surface area (Å²) in [5.74, 6) is 0. The van der Waals surface area contributed by atoms with Gasteiger partial charge in [0, 0.05) is 76.6 Å². The predicted octanol–water partition coefficient (Wildman–Crippen LogP) is 18.7. The van der Waals surface area contributed by atoms with Crippen molar-refractivity contribution in [2.24, 2.45) is 0 Å². The summed E-state index contributed by atoms with van der Waals surface area (Å²) in [5.41, 5.74) is 17.3. The van der Waals surface area contributed by atoms with Crippen LogP contribution in [0.15, 0.2) is 239 Å². The maximum absolute atomic E-state index is 6.41. The summed E-state index contributed by atoms with van der Waals surface area (Å²) in [4.78, 5) is 4.76. The molecule has 0 N–H and O–H groups in total. The monoisotopic (exact) mass is 918 g/mol. The van der Waals surface area contributed by atoms with Crippen LogP contribution in [0.5, 0.6) is 0 Å². The smallest absolute Gasteiger partial charge is 0.137 e. The van der Waals surface area contributed by atoms with E-state index < -0.39 is 0 Å². The normalized spacial score (nSPS) is 12.4. The zero-order valence-electron chi connectivity index (χ0n) is 38.5. The molecular formula is C66H38N4O2. The van der Waals surface area contributed by atoms with Crippen molar-refractivity contribution >= 4 is 154 Å². The second-order valence-corrected chi connectivity index (χ2v) is 19.2. The number of aromatic nitrogens is 2. The van der Waals surface area contributed by atoms with Crippen LogP contribution < -0.4 is 9.80 Å².